The Morgan fingerprint density at radius 2 is 0.685 bits per heavy atom. The van der Waals surface area contributed by atoms with Crippen molar-refractivity contribution in [2.45, 2.75) is 252 Å². The number of carbonyl (C=O) groups excluding carboxylic acids is 3. The first-order valence-electron chi connectivity index (χ1n) is 23.3. The molecule has 1 atom stereocenters. The maximum atomic E-state index is 12.7. The van der Waals surface area contributed by atoms with Crippen molar-refractivity contribution in [1.29, 1.82) is 0 Å². The molecule has 0 saturated heterocycles. The van der Waals surface area contributed by atoms with Crippen molar-refractivity contribution in [2.75, 3.05) is 13.2 Å². The van der Waals surface area contributed by atoms with Crippen LogP contribution < -0.4 is 0 Å². The average molecular weight is 761 g/mol. The quantitative estimate of drug-likeness (QED) is 0.0267. The zero-order valence-corrected chi connectivity index (χ0v) is 36.0. The van der Waals surface area contributed by atoms with E-state index in [1.807, 2.05) is 0 Å². The molecule has 0 aromatic carbocycles. The maximum Gasteiger partial charge on any atom is 0.306 e. The molecule has 0 amide bonds. The van der Waals surface area contributed by atoms with E-state index >= 15 is 0 Å². The molecule has 0 spiro atoms. The number of carbonyl (C=O) groups is 3. The summed E-state index contributed by atoms with van der Waals surface area (Å²) in [6.07, 6.45) is 47.5. The minimum absolute atomic E-state index is 0.0736. The summed E-state index contributed by atoms with van der Waals surface area (Å²) < 4.78 is 16.6. The third kappa shape index (κ3) is 41.1. The fourth-order valence-electron chi connectivity index (χ4n) is 6.63. The first-order chi connectivity index (χ1) is 26.5. The molecule has 0 N–H and O–H groups in total. The summed E-state index contributed by atoms with van der Waals surface area (Å²) in [5, 5.41) is 0. The molecule has 0 radical (unpaired) electrons. The highest BCUT2D eigenvalue weighted by molar-refractivity contribution is 5.71. The predicted molar refractivity (Wildman–Crippen MR) is 229 cm³/mol. The highest BCUT2D eigenvalue weighted by atomic mass is 16.6. The minimum Gasteiger partial charge on any atom is -0.462 e. The number of unbranched alkanes of at least 4 members (excludes halogenated alkanes) is 27. The van der Waals surface area contributed by atoms with Crippen LogP contribution >= 0.6 is 0 Å². The van der Waals surface area contributed by atoms with E-state index in [-0.39, 0.29) is 31.1 Å². The van der Waals surface area contributed by atoms with Gasteiger partial charge < -0.3 is 14.2 Å². The number of rotatable bonds is 42. The molecular formula is C48H88O6. The molecule has 0 aliphatic heterocycles. The highest BCUT2D eigenvalue weighted by Gasteiger charge is 2.19. The standard InChI is InChI=1S/C48H88O6/c1-4-7-10-13-16-18-20-22-24-25-27-28-30-32-35-38-41-47(50)53-44-45(43-52-46(49)40-37-34-15-12-9-6-3)54-48(51)42-39-36-33-31-29-26-23-21-19-17-14-11-8-5-2/h14,17,21,23,45H,4-13,15-16,18-20,22,24-44H2,1-3H3/b17-14-,23-21-. The third-order valence-electron chi connectivity index (χ3n) is 10.2. The van der Waals surface area contributed by atoms with Crippen molar-refractivity contribution < 1.29 is 28.6 Å². The second-order valence-corrected chi connectivity index (χ2v) is 15.7. The van der Waals surface area contributed by atoms with Gasteiger partial charge in [-0.25, -0.2) is 0 Å². The molecule has 0 aromatic heterocycles. The van der Waals surface area contributed by atoms with Crippen LogP contribution in [0.3, 0.4) is 0 Å². The summed E-state index contributed by atoms with van der Waals surface area (Å²) in [6.45, 7) is 6.54. The SMILES string of the molecule is CCCC/C=C\C/C=C\CCCCCCCC(=O)OC(COC(=O)CCCCCCCC)COC(=O)CCCCCCCCCCCCCCCCCC. The molecule has 0 fully saturated rings. The first kappa shape index (κ1) is 51.9. The lowest BCUT2D eigenvalue weighted by molar-refractivity contribution is -0.167. The van der Waals surface area contributed by atoms with E-state index in [2.05, 4.69) is 45.1 Å². The van der Waals surface area contributed by atoms with Crippen LogP contribution in [0.5, 0.6) is 0 Å². The zero-order valence-electron chi connectivity index (χ0n) is 36.0. The molecule has 0 heterocycles. The largest absolute Gasteiger partial charge is 0.462 e. The van der Waals surface area contributed by atoms with Crippen LogP contribution in [0.4, 0.5) is 0 Å². The van der Waals surface area contributed by atoms with Crippen LogP contribution in [0.1, 0.15) is 245 Å². The lowest BCUT2D eigenvalue weighted by atomic mass is 10.0. The molecule has 0 aromatic rings. The second kappa shape index (κ2) is 43.6. The van der Waals surface area contributed by atoms with E-state index in [9.17, 15) is 14.4 Å². The van der Waals surface area contributed by atoms with Gasteiger partial charge in [0.1, 0.15) is 13.2 Å². The molecular weight excluding hydrogens is 673 g/mol. The van der Waals surface area contributed by atoms with Crippen molar-refractivity contribution in [3.05, 3.63) is 24.3 Å². The van der Waals surface area contributed by atoms with Gasteiger partial charge in [-0.1, -0.05) is 206 Å². The van der Waals surface area contributed by atoms with Gasteiger partial charge in [-0.3, -0.25) is 14.4 Å². The Labute approximate surface area is 334 Å². The average Bonchev–Trinajstić information content (AvgIpc) is 3.17. The summed E-state index contributed by atoms with van der Waals surface area (Å²) in [6, 6.07) is 0. The van der Waals surface area contributed by atoms with Gasteiger partial charge in [-0.2, -0.15) is 0 Å². The molecule has 316 valence electrons. The molecule has 6 nitrogen and oxygen atoms in total. The number of esters is 3. The third-order valence-corrected chi connectivity index (χ3v) is 10.2. The molecule has 54 heavy (non-hydrogen) atoms. The Morgan fingerprint density at radius 1 is 0.370 bits per heavy atom. The van der Waals surface area contributed by atoms with E-state index in [4.69, 9.17) is 14.2 Å². The van der Waals surface area contributed by atoms with Crippen LogP contribution in [0.25, 0.3) is 0 Å². The molecule has 0 rings (SSSR count). The van der Waals surface area contributed by atoms with E-state index in [1.54, 1.807) is 0 Å². The summed E-state index contributed by atoms with van der Waals surface area (Å²) >= 11 is 0. The van der Waals surface area contributed by atoms with E-state index < -0.39 is 6.10 Å². The maximum absolute atomic E-state index is 12.7. The Kier molecular flexibility index (Phi) is 41.9. The normalized spacial score (nSPS) is 12.1. The Morgan fingerprint density at radius 3 is 1.07 bits per heavy atom. The van der Waals surface area contributed by atoms with Gasteiger partial charge in [0.05, 0.1) is 0 Å². The van der Waals surface area contributed by atoms with Crippen LogP contribution in [0.2, 0.25) is 0 Å². The first-order valence-corrected chi connectivity index (χ1v) is 23.3. The van der Waals surface area contributed by atoms with E-state index in [0.717, 1.165) is 83.5 Å². The summed E-state index contributed by atoms with van der Waals surface area (Å²) in [7, 11) is 0. The summed E-state index contributed by atoms with van der Waals surface area (Å²) in [5.41, 5.74) is 0. The van der Waals surface area contributed by atoms with E-state index in [1.165, 1.54) is 122 Å². The molecule has 0 saturated carbocycles. The highest BCUT2D eigenvalue weighted by Crippen LogP contribution is 2.15. The van der Waals surface area contributed by atoms with Crippen molar-refractivity contribution in [1.82, 2.24) is 0 Å². The van der Waals surface area contributed by atoms with Crippen LogP contribution in [-0.4, -0.2) is 37.2 Å². The molecule has 0 aliphatic carbocycles. The Balaban J connectivity index is 4.24. The van der Waals surface area contributed by atoms with Gasteiger partial charge in [-0.05, 0) is 44.9 Å². The lowest BCUT2D eigenvalue weighted by Gasteiger charge is -2.18. The molecule has 1 unspecified atom stereocenters. The number of hydrogen-bond acceptors (Lipinski definition) is 6. The lowest BCUT2D eigenvalue weighted by Crippen LogP contribution is -2.30. The van der Waals surface area contributed by atoms with Gasteiger partial charge in [-0.15, -0.1) is 0 Å². The van der Waals surface area contributed by atoms with Crippen molar-refractivity contribution in [3.63, 3.8) is 0 Å². The van der Waals surface area contributed by atoms with Crippen LogP contribution in [-0.2, 0) is 28.6 Å². The fourth-order valence-corrected chi connectivity index (χ4v) is 6.63. The smallest absolute Gasteiger partial charge is 0.306 e. The van der Waals surface area contributed by atoms with Crippen LogP contribution in [0.15, 0.2) is 24.3 Å². The topological polar surface area (TPSA) is 78.9 Å². The van der Waals surface area contributed by atoms with E-state index in [0.29, 0.717) is 19.3 Å². The number of hydrogen-bond donors (Lipinski definition) is 0. The molecule has 0 bridgehead atoms. The summed E-state index contributed by atoms with van der Waals surface area (Å²) in [4.78, 5) is 37.6. The van der Waals surface area contributed by atoms with Gasteiger partial charge in [0.25, 0.3) is 0 Å². The molecule has 0 aliphatic rings. The Hall–Kier alpha value is -2.11. The van der Waals surface area contributed by atoms with Crippen molar-refractivity contribution in [3.8, 4) is 0 Å². The van der Waals surface area contributed by atoms with Gasteiger partial charge in [0.15, 0.2) is 6.10 Å². The zero-order chi connectivity index (χ0) is 39.4. The van der Waals surface area contributed by atoms with Gasteiger partial charge in [0, 0.05) is 19.3 Å². The van der Waals surface area contributed by atoms with Crippen molar-refractivity contribution in [2.24, 2.45) is 0 Å². The number of allylic oxidation sites excluding steroid dienone is 4. The second-order valence-electron chi connectivity index (χ2n) is 15.7. The van der Waals surface area contributed by atoms with Crippen molar-refractivity contribution >= 4 is 17.9 Å². The summed E-state index contributed by atoms with van der Waals surface area (Å²) in [5.74, 6) is -0.891. The number of ether oxygens (including phenoxy) is 3. The van der Waals surface area contributed by atoms with Gasteiger partial charge in [0.2, 0.25) is 0 Å². The fraction of sp³-hybridized carbons (Fsp3) is 0.854. The minimum atomic E-state index is -0.769. The van der Waals surface area contributed by atoms with Gasteiger partial charge >= 0.3 is 17.9 Å². The molecule has 6 heteroatoms. The monoisotopic (exact) mass is 761 g/mol. The van der Waals surface area contributed by atoms with Crippen LogP contribution in [0, 0.1) is 0 Å². The predicted octanol–water partition coefficient (Wildman–Crippen LogP) is 14.8. The Bertz CT molecular complexity index is 880.